The first kappa shape index (κ1) is 39.7. The van der Waals surface area contributed by atoms with E-state index in [2.05, 4.69) is 16.2 Å². The van der Waals surface area contributed by atoms with Crippen LogP contribution in [-0.2, 0) is 33.8 Å². The van der Waals surface area contributed by atoms with Crippen LogP contribution in [0.15, 0.2) is 64.8 Å². The molecule has 2 fully saturated rings. The molecule has 2 amide bonds. The monoisotopic (exact) mass is 808 g/mol. The summed E-state index contributed by atoms with van der Waals surface area (Å²) in [5, 5.41) is 4.04. The maximum atomic E-state index is 15.0. The van der Waals surface area contributed by atoms with Gasteiger partial charge < -0.3 is 23.6 Å². The number of halogens is 4. The molecule has 0 N–H and O–H groups in total. The smallest absolute Gasteiger partial charge is 0.411 e. The van der Waals surface area contributed by atoms with Crippen LogP contribution < -0.4 is 4.74 Å². The van der Waals surface area contributed by atoms with Crippen molar-refractivity contribution in [2.24, 2.45) is 0 Å². The second kappa shape index (κ2) is 16.5. The molecule has 4 heterocycles. The zero-order valence-corrected chi connectivity index (χ0v) is 33.3. The fourth-order valence-electron chi connectivity index (χ4n) is 7.52. The number of carbonyl (C=O) groups excluding carboxylic acids is 2. The summed E-state index contributed by atoms with van der Waals surface area (Å²) in [6.07, 6.45) is 6.49. The lowest BCUT2D eigenvalue weighted by atomic mass is 9.88. The third kappa shape index (κ3) is 8.72. The predicted molar refractivity (Wildman–Crippen MR) is 207 cm³/mol. The van der Waals surface area contributed by atoms with E-state index in [1.54, 1.807) is 24.3 Å². The van der Waals surface area contributed by atoms with Crippen molar-refractivity contribution >= 4 is 40.8 Å². The van der Waals surface area contributed by atoms with Crippen molar-refractivity contribution in [3.05, 3.63) is 104 Å². The Morgan fingerprint density at radius 1 is 1.02 bits per heavy atom. The maximum Gasteiger partial charge on any atom is 0.411 e. The molecule has 7 rings (SSSR count). The van der Waals surface area contributed by atoms with Crippen LogP contribution in [0.25, 0.3) is 16.8 Å². The molecule has 296 valence electrons. The Hall–Kier alpha value is -4.52. The Balaban J connectivity index is 1.16. The molecule has 56 heavy (non-hydrogen) atoms. The Bertz CT molecular complexity index is 2130. The van der Waals surface area contributed by atoms with E-state index in [1.807, 2.05) is 43.9 Å². The largest absolute Gasteiger partial charge is 0.469 e. The van der Waals surface area contributed by atoms with Gasteiger partial charge in [0, 0.05) is 61.3 Å². The lowest BCUT2D eigenvalue weighted by Crippen LogP contribution is -2.50. The van der Waals surface area contributed by atoms with Crippen molar-refractivity contribution < 1.29 is 37.1 Å². The number of nitrogens with zero attached hydrogens (tertiary/aromatic N) is 4. The van der Waals surface area contributed by atoms with Gasteiger partial charge in [0.2, 0.25) is 5.88 Å². The van der Waals surface area contributed by atoms with Gasteiger partial charge in [0.05, 0.1) is 16.6 Å². The zero-order valence-electron chi connectivity index (χ0n) is 31.7. The van der Waals surface area contributed by atoms with Gasteiger partial charge in [-0.2, -0.15) is 0 Å². The second-order valence-electron chi connectivity index (χ2n) is 15.5. The average Bonchev–Trinajstić information content (AvgIpc) is 3.81. The van der Waals surface area contributed by atoms with Crippen molar-refractivity contribution in [1.29, 1.82) is 0 Å². The van der Waals surface area contributed by atoms with Crippen LogP contribution in [0.5, 0.6) is 5.88 Å². The molecular weight excluding hydrogens is 765 g/mol. The molecule has 1 aliphatic carbocycles. The first-order valence-electron chi connectivity index (χ1n) is 18.8. The maximum absolute atomic E-state index is 15.0. The van der Waals surface area contributed by atoms with Crippen molar-refractivity contribution in [1.82, 2.24) is 19.9 Å². The molecule has 3 aliphatic rings. The van der Waals surface area contributed by atoms with Gasteiger partial charge in [-0.15, -0.1) is 0 Å². The number of benzene rings is 2. The van der Waals surface area contributed by atoms with E-state index >= 15 is 4.79 Å². The van der Waals surface area contributed by atoms with Crippen LogP contribution in [0.3, 0.4) is 0 Å². The Morgan fingerprint density at radius 2 is 1.80 bits per heavy atom. The molecule has 4 aromatic rings. The van der Waals surface area contributed by atoms with Gasteiger partial charge >= 0.3 is 6.09 Å². The predicted octanol–water partition coefficient (Wildman–Crippen LogP) is 9.60. The number of methoxy groups -OCH3 is 1. The van der Waals surface area contributed by atoms with Gasteiger partial charge in [-0.05, 0) is 112 Å². The number of carbonyl (C=O) groups is 2. The van der Waals surface area contributed by atoms with Gasteiger partial charge in [0.15, 0.2) is 12.4 Å². The first-order chi connectivity index (χ1) is 26.8. The van der Waals surface area contributed by atoms with Crippen LogP contribution >= 0.6 is 23.2 Å². The van der Waals surface area contributed by atoms with E-state index in [-0.39, 0.29) is 47.5 Å². The number of hydrogen-bond acceptors (Lipinski definition) is 8. The molecule has 2 atom stereocenters. The highest BCUT2D eigenvalue weighted by molar-refractivity contribution is 6.33. The minimum absolute atomic E-state index is 0.0303. The second-order valence-corrected chi connectivity index (χ2v) is 16.3. The number of hydrogen-bond donors (Lipinski definition) is 0. The summed E-state index contributed by atoms with van der Waals surface area (Å²) in [4.78, 5) is 36.9. The van der Waals surface area contributed by atoms with Crippen LogP contribution in [0.1, 0.15) is 81.7 Å². The average molecular weight is 810 g/mol. The molecule has 1 saturated carbocycles. The van der Waals surface area contributed by atoms with E-state index in [0.717, 1.165) is 66.5 Å². The summed E-state index contributed by atoms with van der Waals surface area (Å²) in [5.41, 5.74) is 3.27. The number of pyridine rings is 1. The third-order valence-corrected chi connectivity index (χ3v) is 11.0. The van der Waals surface area contributed by atoms with Gasteiger partial charge in [0.25, 0.3) is 5.91 Å². The standard InChI is InChI=1S/C42H44Cl2F2N4O6/c1-42(2,3)55-41(52)50-28-11-15-35(50)37(40(51)49(27-9-10-27)22-26-18-24(6-5-17-53-4)7-12-31(26)43)30(19-28)25-8-16-36(47-21-25)54-23-29-20-34(48-56-29)38-32(45)13-14-33(46)39(38)44/h7-8,12-14,16,18,20-21,27-28,35H,5-6,9-11,15,17,19,22-23H2,1-4H3/t28-,35+/m0/s1. The molecule has 1 saturated heterocycles. The van der Waals surface area contributed by atoms with E-state index in [0.29, 0.717) is 36.6 Å². The summed E-state index contributed by atoms with van der Waals surface area (Å²) in [6, 6.07) is 12.3. The van der Waals surface area contributed by atoms with Crippen molar-refractivity contribution in [2.75, 3.05) is 13.7 Å². The van der Waals surface area contributed by atoms with Gasteiger partial charge in [-0.25, -0.2) is 18.6 Å². The molecule has 2 bridgehead atoms. The Labute approximate surface area is 334 Å². The summed E-state index contributed by atoms with van der Waals surface area (Å²) < 4.78 is 50.7. The van der Waals surface area contributed by atoms with Crippen LogP contribution in [0, 0.1) is 11.6 Å². The highest BCUT2D eigenvalue weighted by Gasteiger charge is 2.49. The van der Waals surface area contributed by atoms with Gasteiger partial charge in [0.1, 0.15) is 22.9 Å². The van der Waals surface area contributed by atoms with Crippen LogP contribution in [0.2, 0.25) is 10.0 Å². The van der Waals surface area contributed by atoms with E-state index in [1.165, 1.54) is 6.07 Å². The van der Waals surface area contributed by atoms with E-state index < -0.39 is 34.4 Å². The molecule has 0 spiro atoms. The topological polar surface area (TPSA) is 107 Å². The number of rotatable bonds is 13. The zero-order chi connectivity index (χ0) is 39.7. The third-order valence-electron chi connectivity index (χ3n) is 10.3. The fraction of sp³-hybridized carbons (Fsp3) is 0.429. The molecule has 2 aromatic carbocycles. The molecule has 2 aliphatic heterocycles. The number of aromatic nitrogens is 2. The Morgan fingerprint density at radius 3 is 2.52 bits per heavy atom. The molecular formula is C42H44Cl2F2N4O6. The van der Waals surface area contributed by atoms with Gasteiger partial charge in [-0.3, -0.25) is 9.69 Å². The van der Waals surface area contributed by atoms with Crippen molar-refractivity contribution in [2.45, 2.75) is 103 Å². The summed E-state index contributed by atoms with van der Waals surface area (Å²) in [7, 11) is 1.69. The SMILES string of the molecule is COCCCc1ccc(Cl)c(CN(C(=O)C2=C(c3ccc(OCc4cc(-c5c(F)ccc(F)c5Cl)no4)nc3)C[C@@H]3CC[C@H]2N3C(=O)OC(C)(C)C)C2CC2)c1. The molecule has 0 unspecified atom stereocenters. The summed E-state index contributed by atoms with van der Waals surface area (Å²) in [6.45, 7) is 6.40. The summed E-state index contributed by atoms with van der Waals surface area (Å²) in [5.74, 6) is -1.13. The van der Waals surface area contributed by atoms with Crippen molar-refractivity contribution in [3.8, 4) is 17.1 Å². The highest BCUT2D eigenvalue weighted by Crippen LogP contribution is 2.46. The minimum Gasteiger partial charge on any atom is -0.469 e. The number of amides is 2. The van der Waals surface area contributed by atoms with Crippen LogP contribution in [-0.4, -0.2) is 69.4 Å². The van der Waals surface area contributed by atoms with E-state index in [4.69, 9.17) is 41.9 Å². The minimum atomic E-state index is -0.777. The number of aryl methyl sites for hydroxylation is 1. The normalized spacial score (nSPS) is 18.0. The van der Waals surface area contributed by atoms with Crippen LogP contribution in [0.4, 0.5) is 13.6 Å². The first-order valence-corrected chi connectivity index (χ1v) is 19.6. The molecule has 14 heteroatoms. The number of ether oxygens (including phenoxy) is 3. The number of fused-ring (bicyclic) bond motifs is 2. The lowest BCUT2D eigenvalue weighted by molar-refractivity contribution is -0.129. The molecule has 0 radical (unpaired) electrons. The van der Waals surface area contributed by atoms with Gasteiger partial charge in [-0.1, -0.05) is 40.5 Å². The molecule has 10 nitrogen and oxygen atoms in total. The summed E-state index contributed by atoms with van der Waals surface area (Å²) >= 11 is 12.7. The van der Waals surface area contributed by atoms with E-state index in [9.17, 15) is 13.6 Å². The quantitative estimate of drug-likeness (QED) is 0.0972. The fourth-order valence-corrected chi connectivity index (χ4v) is 7.94. The van der Waals surface area contributed by atoms with Crippen molar-refractivity contribution in [3.63, 3.8) is 0 Å². The lowest BCUT2D eigenvalue weighted by Gasteiger charge is -2.39. The Kier molecular flexibility index (Phi) is 11.7. The molecule has 2 aromatic heterocycles. The highest BCUT2D eigenvalue weighted by atomic mass is 35.5.